The molecule has 0 aliphatic carbocycles. The van der Waals surface area contributed by atoms with Gasteiger partial charge in [0.25, 0.3) is 0 Å². The number of hydrogen-bond acceptors (Lipinski definition) is 3. The number of nitrogens with one attached hydrogen (secondary N) is 2. The van der Waals surface area contributed by atoms with E-state index in [1.807, 2.05) is 17.8 Å². The molecule has 1 atom stereocenters. The van der Waals surface area contributed by atoms with Crippen LogP contribution in [0, 0.1) is 5.82 Å². The third-order valence-electron chi connectivity index (χ3n) is 3.18. The van der Waals surface area contributed by atoms with Crippen LogP contribution in [-0.2, 0) is 0 Å². The average molecular weight is 282 g/mol. The van der Waals surface area contributed by atoms with Gasteiger partial charge >= 0.3 is 0 Å². The molecule has 0 saturated heterocycles. The fourth-order valence-corrected chi connectivity index (χ4v) is 3.37. The van der Waals surface area contributed by atoms with Crippen LogP contribution in [0.15, 0.2) is 23.1 Å². The van der Waals surface area contributed by atoms with Crippen molar-refractivity contribution in [2.24, 2.45) is 0 Å². The highest BCUT2D eigenvalue weighted by Crippen LogP contribution is 2.36. The number of halogens is 1. The first-order valence-electron chi connectivity index (χ1n) is 6.86. The van der Waals surface area contributed by atoms with Crippen LogP contribution < -0.4 is 10.6 Å². The standard InChI is InChI=1S/C15H23FN2S/c1-15(2,3)18-8-7-17-13-6-9-19-14-5-4-11(16)10-12(13)14/h4-5,10,13,17-18H,6-9H2,1-3H3. The second kappa shape index (κ2) is 6.25. The molecule has 0 saturated carbocycles. The van der Waals surface area contributed by atoms with Gasteiger partial charge in [0.05, 0.1) is 0 Å². The molecule has 19 heavy (non-hydrogen) atoms. The second-order valence-corrected chi connectivity index (χ2v) is 7.14. The Labute approximate surface area is 119 Å². The zero-order valence-electron chi connectivity index (χ0n) is 11.9. The Balaban J connectivity index is 1.91. The molecule has 1 heterocycles. The van der Waals surface area contributed by atoms with Crippen LogP contribution in [0.1, 0.15) is 38.8 Å². The molecule has 4 heteroatoms. The number of fused-ring (bicyclic) bond motifs is 1. The summed E-state index contributed by atoms with van der Waals surface area (Å²) in [6.45, 7) is 8.32. The largest absolute Gasteiger partial charge is 0.311 e. The number of hydrogen-bond donors (Lipinski definition) is 2. The minimum absolute atomic E-state index is 0.138. The normalized spacial score (nSPS) is 19.3. The first-order chi connectivity index (χ1) is 8.96. The summed E-state index contributed by atoms with van der Waals surface area (Å²) in [5, 5.41) is 6.99. The molecule has 1 aliphatic heterocycles. The van der Waals surface area contributed by atoms with Gasteiger partial charge in [0, 0.05) is 29.6 Å². The molecule has 0 aromatic heterocycles. The molecule has 1 unspecified atom stereocenters. The molecule has 1 aromatic rings. The van der Waals surface area contributed by atoms with Gasteiger partial charge in [-0.25, -0.2) is 4.39 Å². The second-order valence-electron chi connectivity index (χ2n) is 6.00. The molecule has 0 spiro atoms. The Kier molecular flexibility index (Phi) is 4.87. The Morgan fingerprint density at radius 2 is 2.11 bits per heavy atom. The van der Waals surface area contributed by atoms with Crippen molar-refractivity contribution >= 4 is 11.8 Å². The minimum atomic E-state index is -0.138. The van der Waals surface area contributed by atoms with Crippen molar-refractivity contribution in [1.82, 2.24) is 10.6 Å². The SMILES string of the molecule is CC(C)(C)NCCNC1CCSc2ccc(F)cc21. The molecule has 106 valence electrons. The summed E-state index contributed by atoms with van der Waals surface area (Å²) < 4.78 is 13.4. The van der Waals surface area contributed by atoms with E-state index in [1.54, 1.807) is 12.1 Å². The summed E-state index contributed by atoms with van der Waals surface area (Å²) in [5.74, 6) is 0.962. The predicted octanol–water partition coefficient (Wildman–Crippen LogP) is 3.34. The molecule has 2 N–H and O–H groups in total. The quantitative estimate of drug-likeness (QED) is 0.828. The maximum atomic E-state index is 13.4. The van der Waals surface area contributed by atoms with Crippen LogP contribution in [-0.4, -0.2) is 24.4 Å². The van der Waals surface area contributed by atoms with Gasteiger partial charge in [0.1, 0.15) is 5.82 Å². The van der Waals surface area contributed by atoms with E-state index < -0.39 is 0 Å². The topological polar surface area (TPSA) is 24.1 Å². The van der Waals surface area contributed by atoms with Crippen LogP contribution in [0.25, 0.3) is 0 Å². The van der Waals surface area contributed by atoms with E-state index in [0.29, 0.717) is 0 Å². The highest BCUT2D eigenvalue weighted by molar-refractivity contribution is 7.99. The summed E-state index contributed by atoms with van der Waals surface area (Å²) in [7, 11) is 0. The highest BCUT2D eigenvalue weighted by atomic mass is 32.2. The average Bonchev–Trinajstić information content (AvgIpc) is 2.33. The zero-order valence-corrected chi connectivity index (χ0v) is 12.7. The van der Waals surface area contributed by atoms with Gasteiger partial charge in [-0.1, -0.05) is 0 Å². The summed E-state index contributed by atoms with van der Waals surface area (Å²) in [5.41, 5.74) is 1.26. The minimum Gasteiger partial charge on any atom is -0.311 e. The fourth-order valence-electron chi connectivity index (χ4n) is 2.26. The van der Waals surface area contributed by atoms with Crippen molar-refractivity contribution in [3.8, 4) is 0 Å². The van der Waals surface area contributed by atoms with Gasteiger partial charge in [0.2, 0.25) is 0 Å². The molecule has 0 radical (unpaired) electrons. The van der Waals surface area contributed by atoms with Crippen molar-refractivity contribution in [3.05, 3.63) is 29.6 Å². The van der Waals surface area contributed by atoms with Crippen LogP contribution in [0.2, 0.25) is 0 Å². The van der Waals surface area contributed by atoms with Gasteiger partial charge in [-0.2, -0.15) is 0 Å². The van der Waals surface area contributed by atoms with E-state index in [9.17, 15) is 4.39 Å². The lowest BCUT2D eigenvalue weighted by Crippen LogP contribution is -2.41. The lowest BCUT2D eigenvalue weighted by Gasteiger charge is -2.27. The van der Waals surface area contributed by atoms with Crippen molar-refractivity contribution in [2.75, 3.05) is 18.8 Å². The van der Waals surface area contributed by atoms with Crippen LogP contribution in [0.4, 0.5) is 4.39 Å². The van der Waals surface area contributed by atoms with Crippen molar-refractivity contribution in [3.63, 3.8) is 0 Å². The Hall–Kier alpha value is -0.580. The van der Waals surface area contributed by atoms with Crippen molar-refractivity contribution in [1.29, 1.82) is 0 Å². The first kappa shape index (κ1) is 14.8. The van der Waals surface area contributed by atoms with Crippen molar-refractivity contribution < 1.29 is 4.39 Å². The van der Waals surface area contributed by atoms with Crippen LogP contribution in [0.3, 0.4) is 0 Å². The summed E-state index contributed by atoms with van der Waals surface area (Å²) in [6, 6.07) is 5.41. The lowest BCUT2D eigenvalue weighted by molar-refractivity contribution is 0.407. The fraction of sp³-hybridized carbons (Fsp3) is 0.600. The van der Waals surface area contributed by atoms with Gasteiger partial charge in [-0.15, -0.1) is 11.8 Å². The molecule has 2 nitrogen and oxygen atoms in total. The van der Waals surface area contributed by atoms with Crippen LogP contribution in [0.5, 0.6) is 0 Å². The Morgan fingerprint density at radius 1 is 1.32 bits per heavy atom. The molecule has 1 aliphatic rings. The van der Waals surface area contributed by atoms with Gasteiger partial charge in [0.15, 0.2) is 0 Å². The highest BCUT2D eigenvalue weighted by Gasteiger charge is 2.20. The van der Waals surface area contributed by atoms with E-state index in [4.69, 9.17) is 0 Å². The van der Waals surface area contributed by atoms with Crippen LogP contribution >= 0.6 is 11.8 Å². The number of benzene rings is 1. The smallest absolute Gasteiger partial charge is 0.123 e. The zero-order chi connectivity index (χ0) is 13.9. The van der Waals surface area contributed by atoms with E-state index in [1.165, 1.54) is 4.90 Å². The Bertz CT molecular complexity index is 429. The molecular formula is C15H23FN2S. The van der Waals surface area contributed by atoms with Gasteiger partial charge in [-0.05, 0) is 56.7 Å². The molecule has 2 rings (SSSR count). The first-order valence-corrected chi connectivity index (χ1v) is 7.85. The molecular weight excluding hydrogens is 259 g/mol. The lowest BCUT2D eigenvalue weighted by atomic mass is 10.0. The maximum absolute atomic E-state index is 13.4. The van der Waals surface area contributed by atoms with E-state index >= 15 is 0 Å². The Morgan fingerprint density at radius 3 is 2.84 bits per heavy atom. The summed E-state index contributed by atoms with van der Waals surface area (Å²) in [6.07, 6.45) is 1.07. The third-order valence-corrected chi connectivity index (χ3v) is 4.31. The number of rotatable bonds is 4. The van der Waals surface area contributed by atoms with E-state index in [0.717, 1.165) is 30.8 Å². The summed E-state index contributed by atoms with van der Waals surface area (Å²) in [4.78, 5) is 1.22. The number of thioether (sulfide) groups is 1. The molecule has 0 amide bonds. The maximum Gasteiger partial charge on any atom is 0.123 e. The van der Waals surface area contributed by atoms with E-state index in [2.05, 4.69) is 31.4 Å². The molecule has 0 fully saturated rings. The third kappa shape index (κ3) is 4.48. The van der Waals surface area contributed by atoms with E-state index in [-0.39, 0.29) is 17.4 Å². The summed E-state index contributed by atoms with van der Waals surface area (Å²) >= 11 is 1.82. The molecule has 0 bridgehead atoms. The van der Waals surface area contributed by atoms with Crippen molar-refractivity contribution in [2.45, 2.75) is 43.7 Å². The van der Waals surface area contributed by atoms with Gasteiger partial charge < -0.3 is 10.6 Å². The predicted molar refractivity (Wildman–Crippen MR) is 80.2 cm³/mol. The molecule has 1 aromatic carbocycles. The monoisotopic (exact) mass is 282 g/mol. The van der Waals surface area contributed by atoms with Gasteiger partial charge in [-0.3, -0.25) is 0 Å².